The fourth-order valence-corrected chi connectivity index (χ4v) is 3.39. The van der Waals surface area contributed by atoms with E-state index in [1.165, 1.54) is 44.4 Å². The lowest BCUT2D eigenvalue weighted by atomic mass is 10.1. The van der Waals surface area contributed by atoms with E-state index in [4.69, 9.17) is 9.26 Å². The zero-order chi connectivity index (χ0) is 21.7. The summed E-state index contributed by atoms with van der Waals surface area (Å²) in [5.74, 6) is 1.36. The predicted octanol–water partition coefficient (Wildman–Crippen LogP) is 3.10. The first-order valence-corrected chi connectivity index (χ1v) is 10.5. The second-order valence-electron chi connectivity index (χ2n) is 6.60. The Hall–Kier alpha value is -3.30. The van der Waals surface area contributed by atoms with Gasteiger partial charge < -0.3 is 9.26 Å². The molecule has 0 atom stereocenters. The maximum atomic E-state index is 12.3. The number of hydrogen-bond donors (Lipinski definition) is 0. The molecule has 0 radical (unpaired) electrons. The minimum atomic E-state index is -3.52. The van der Waals surface area contributed by atoms with Crippen LogP contribution < -0.4 is 4.74 Å². The van der Waals surface area contributed by atoms with Crippen LogP contribution in [0.4, 0.5) is 0 Å². The standard InChI is InChI=1S/C21H21N3O5S/c1-15-22-21(23-29-15)14-28-18-9-4-16(5-10-18)6-13-20(25)17-7-11-19(12-8-17)30(26,27)24(2)3/h4-13H,14H2,1-3H3/b13-6+. The number of benzene rings is 2. The molecular weight excluding hydrogens is 406 g/mol. The van der Waals surface area contributed by atoms with Crippen molar-refractivity contribution >= 4 is 21.9 Å². The molecule has 156 valence electrons. The maximum absolute atomic E-state index is 12.3. The number of allylic oxidation sites excluding steroid dienone is 1. The van der Waals surface area contributed by atoms with E-state index < -0.39 is 10.0 Å². The highest BCUT2D eigenvalue weighted by Gasteiger charge is 2.17. The number of aromatic nitrogens is 2. The number of carbonyl (C=O) groups is 1. The zero-order valence-electron chi connectivity index (χ0n) is 16.8. The fraction of sp³-hybridized carbons (Fsp3) is 0.190. The molecule has 3 rings (SSSR count). The number of hydrogen-bond acceptors (Lipinski definition) is 7. The average molecular weight is 427 g/mol. The van der Waals surface area contributed by atoms with Gasteiger partial charge in [-0.25, -0.2) is 12.7 Å². The zero-order valence-corrected chi connectivity index (χ0v) is 17.6. The van der Waals surface area contributed by atoms with E-state index in [-0.39, 0.29) is 17.3 Å². The number of nitrogens with zero attached hydrogens (tertiary/aromatic N) is 3. The van der Waals surface area contributed by atoms with Crippen LogP contribution in [0.1, 0.15) is 27.6 Å². The molecule has 1 aromatic heterocycles. The molecule has 0 amide bonds. The summed E-state index contributed by atoms with van der Waals surface area (Å²) in [6.45, 7) is 1.91. The second-order valence-corrected chi connectivity index (χ2v) is 8.75. The summed E-state index contributed by atoms with van der Waals surface area (Å²) in [4.78, 5) is 16.5. The van der Waals surface area contributed by atoms with Crippen molar-refractivity contribution in [3.05, 3.63) is 77.4 Å². The molecule has 0 bridgehead atoms. The summed E-state index contributed by atoms with van der Waals surface area (Å²) < 4.78 is 35.8. The molecule has 0 aliphatic rings. The van der Waals surface area contributed by atoms with E-state index >= 15 is 0 Å². The highest BCUT2D eigenvalue weighted by atomic mass is 32.2. The molecule has 0 aliphatic carbocycles. The van der Waals surface area contributed by atoms with Crippen molar-refractivity contribution in [1.82, 2.24) is 14.4 Å². The van der Waals surface area contributed by atoms with E-state index in [1.54, 1.807) is 25.1 Å². The number of carbonyl (C=O) groups excluding carboxylic acids is 1. The maximum Gasteiger partial charge on any atom is 0.242 e. The lowest BCUT2D eigenvalue weighted by Gasteiger charge is -2.11. The highest BCUT2D eigenvalue weighted by Crippen LogP contribution is 2.17. The number of aryl methyl sites for hydroxylation is 1. The summed E-state index contributed by atoms with van der Waals surface area (Å²) in [6.07, 6.45) is 3.12. The number of ether oxygens (including phenoxy) is 1. The molecule has 30 heavy (non-hydrogen) atoms. The first-order chi connectivity index (χ1) is 14.3. The topological polar surface area (TPSA) is 103 Å². The molecule has 0 N–H and O–H groups in total. The monoisotopic (exact) mass is 427 g/mol. The van der Waals surface area contributed by atoms with Crippen LogP contribution in [-0.4, -0.2) is 42.7 Å². The Morgan fingerprint density at radius 2 is 1.77 bits per heavy atom. The average Bonchev–Trinajstić information content (AvgIpc) is 3.16. The smallest absolute Gasteiger partial charge is 0.242 e. The molecule has 0 aliphatic heterocycles. The SMILES string of the molecule is Cc1nc(COc2ccc(/C=C/C(=O)c3ccc(S(=O)(=O)N(C)C)cc3)cc2)no1. The largest absolute Gasteiger partial charge is 0.485 e. The van der Waals surface area contributed by atoms with Crippen molar-refractivity contribution in [2.24, 2.45) is 0 Å². The Labute approximate surface area is 174 Å². The van der Waals surface area contributed by atoms with Crippen LogP contribution in [-0.2, 0) is 16.6 Å². The van der Waals surface area contributed by atoms with Gasteiger partial charge in [-0.05, 0) is 48.0 Å². The predicted molar refractivity (Wildman–Crippen MR) is 110 cm³/mol. The third-order valence-corrected chi connectivity index (χ3v) is 5.99. The van der Waals surface area contributed by atoms with Gasteiger partial charge >= 0.3 is 0 Å². The van der Waals surface area contributed by atoms with Gasteiger partial charge in [-0.3, -0.25) is 4.79 Å². The van der Waals surface area contributed by atoms with Gasteiger partial charge in [0.25, 0.3) is 0 Å². The summed E-state index contributed by atoms with van der Waals surface area (Å²) in [5.41, 5.74) is 1.22. The van der Waals surface area contributed by atoms with E-state index in [9.17, 15) is 13.2 Å². The summed E-state index contributed by atoms with van der Waals surface area (Å²) >= 11 is 0. The van der Waals surface area contributed by atoms with Gasteiger partial charge in [-0.15, -0.1) is 0 Å². The number of rotatable bonds is 8. The van der Waals surface area contributed by atoms with Gasteiger partial charge in [0.15, 0.2) is 12.4 Å². The van der Waals surface area contributed by atoms with Crippen LogP contribution in [0, 0.1) is 6.92 Å². The molecular formula is C21H21N3O5S. The molecule has 0 unspecified atom stereocenters. The second kappa shape index (κ2) is 9.02. The van der Waals surface area contributed by atoms with Crippen LogP contribution in [0.2, 0.25) is 0 Å². The Morgan fingerprint density at radius 1 is 1.10 bits per heavy atom. The van der Waals surface area contributed by atoms with E-state index in [0.29, 0.717) is 23.0 Å². The van der Waals surface area contributed by atoms with E-state index in [0.717, 1.165) is 9.87 Å². The summed E-state index contributed by atoms with van der Waals surface area (Å²) in [5, 5.41) is 3.76. The molecule has 9 heteroatoms. The van der Waals surface area contributed by atoms with Crippen molar-refractivity contribution in [2.75, 3.05) is 14.1 Å². The third kappa shape index (κ3) is 5.19. The van der Waals surface area contributed by atoms with E-state index in [2.05, 4.69) is 10.1 Å². The van der Waals surface area contributed by atoms with Crippen LogP contribution in [0.5, 0.6) is 5.75 Å². The van der Waals surface area contributed by atoms with E-state index in [1.807, 2.05) is 12.1 Å². The summed E-state index contributed by atoms with van der Waals surface area (Å²) in [7, 11) is -0.605. The Balaban J connectivity index is 1.60. The molecule has 2 aromatic carbocycles. The van der Waals surface area contributed by atoms with Crippen molar-refractivity contribution in [1.29, 1.82) is 0 Å². The minimum absolute atomic E-state index is 0.139. The third-order valence-electron chi connectivity index (χ3n) is 4.16. The van der Waals surface area contributed by atoms with Gasteiger partial charge in [-0.1, -0.05) is 23.4 Å². The number of sulfonamides is 1. The van der Waals surface area contributed by atoms with Crippen molar-refractivity contribution < 1.29 is 22.5 Å². The molecule has 3 aromatic rings. The quantitative estimate of drug-likeness (QED) is 0.402. The van der Waals surface area contributed by atoms with Crippen LogP contribution >= 0.6 is 0 Å². The van der Waals surface area contributed by atoms with Gasteiger partial charge in [0.1, 0.15) is 5.75 Å². The van der Waals surface area contributed by atoms with Crippen LogP contribution in [0.15, 0.2) is 64.0 Å². The lowest BCUT2D eigenvalue weighted by Crippen LogP contribution is -2.22. The molecule has 8 nitrogen and oxygen atoms in total. The number of ketones is 1. The first-order valence-electron chi connectivity index (χ1n) is 9.03. The Morgan fingerprint density at radius 3 is 2.33 bits per heavy atom. The Bertz CT molecular complexity index is 1150. The molecule has 0 saturated carbocycles. The fourth-order valence-electron chi connectivity index (χ4n) is 2.49. The first kappa shape index (κ1) is 21.4. The van der Waals surface area contributed by atoms with Crippen molar-refractivity contribution in [3.8, 4) is 5.75 Å². The molecule has 1 heterocycles. The molecule has 0 spiro atoms. The van der Waals surface area contributed by atoms with Crippen LogP contribution in [0.3, 0.4) is 0 Å². The van der Waals surface area contributed by atoms with Gasteiger partial charge in [0, 0.05) is 26.6 Å². The lowest BCUT2D eigenvalue weighted by molar-refractivity contribution is 0.104. The molecule has 0 saturated heterocycles. The normalized spacial score (nSPS) is 11.9. The molecule has 0 fully saturated rings. The summed E-state index contributed by atoms with van der Waals surface area (Å²) in [6, 6.07) is 13.0. The van der Waals surface area contributed by atoms with Gasteiger partial charge in [0.05, 0.1) is 4.90 Å². The van der Waals surface area contributed by atoms with Crippen molar-refractivity contribution in [3.63, 3.8) is 0 Å². The minimum Gasteiger partial charge on any atom is -0.485 e. The Kier molecular flexibility index (Phi) is 6.43. The van der Waals surface area contributed by atoms with Gasteiger partial charge in [-0.2, -0.15) is 4.98 Å². The van der Waals surface area contributed by atoms with Crippen molar-refractivity contribution in [2.45, 2.75) is 18.4 Å². The van der Waals surface area contributed by atoms with Crippen LogP contribution in [0.25, 0.3) is 6.08 Å². The van der Waals surface area contributed by atoms with Gasteiger partial charge in [0.2, 0.25) is 21.7 Å². The highest BCUT2D eigenvalue weighted by molar-refractivity contribution is 7.89.